The second-order valence-electron chi connectivity index (χ2n) is 3.47. The van der Waals surface area contributed by atoms with Gasteiger partial charge in [-0.15, -0.1) is 0 Å². The Morgan fingerprint density at radius 3 is 2.53 bits per heavy atom. The molecule has 94 valence electrons. The SMILES string of the molecule is COCCCNC(=O)Nc1cc(O)cc(O)c1. The minimum Gasteiger partial charge on any atom is -0.508 e. The van der Waals surface area contributed by atoms with Crippen molar-refractivity contribution >= 4 is 11.7 Å². The predicted molar refractivity (Wildman–Crippen MR) is 63.3 cm³/mol. The van der Waals surface area contributed by atoms with Gasteiger partial charge in [0.1, 0.15) is 11.5 Å². The number of aromatic hydroxyl groups is 2. The van der Waals surface area contributed by atoms with Crippen LogP contribution in [0.2, 0.25) is 0 Å². The summed E-state index contributed by atoms with van der Waals surface area (Å²) in [5.41, 5.74) is 0.326. The summed E-state index contributed by atoms with van der Waals surface area (Å²) in [6.45, 7) is 1.07. The zero-order chi connectivity index (χ0) is 12.7. The maximum Gasteiger partial charge on any atom is 0.319 e. The highest BCUT2D eigenvalue weighted by Crippen LogP contribution is 2.23. The van der Waals surface area contributed by atoms with Gasteiger partial charge in [-0.25, -0.2) is 4.79 Å². The number of hydrogen-bond acceptors (Lipinski definition) is 4. The van der Waals surface area contributed by atoms with Crippen molar-refractivity contribution in [2.24, 2.45) is 0 Å². The molecule has 0 unspecified atom stereocenters. The van der Waals surface area contributed by atoms with Gasteiger partial charge in [0.15, 0.2) is 0 Å². The number of benzene rings is 1. The van der Waals surface area contributed by atoms with E-state index in [-0.39, 0.29) is 11.5 Å². The molecule has 1 aromatic carbocycles. The molecule has 0 heterocycles. The van der Waals surface area contributed by atoms with Crippen LogP contribution in [0.4, 0.5) is 10.5 Å². The number of phenols is 2. The van der Waals surface area contributed by atoms with Crippen LogP contribution in [0.15, 0.2) is 18.2 Å². The number of rotatable bonds is 5. The number of methoxy groups -OCH3 is 1. The Morgan fingerprint density at radius 2 is 1.94 bits per heavy atom. The molecule has 4 N–H and O–H groups in total. The number of amides is 2. The van der Waals surface area contributed by atoms with E-state index in [1.165, 1.54) is 18.2 Å². The zero-order valence-electron chi connectivity index (χ0n) is 9.56. The van der Waals surface area contributed by atoms with Crippen LogP contribution in [0.1, 0.15) is 6.42 Å². The Kier molecular flexibility index (Phi) is 5.09. The van der Waals surface area contributed by atoms with Gasteiger partial charge in [0.2, 0.25) is 0 Å². The summed E-state index contributed by atoms with van der Waals surface area (Å²) in [4.78, 5) is 11.4. The van der Waals surface area contributed by atoms with Crippen molar-refractivity contribution in [2.45, 2.75) is 6.42 Å². The minimum absolute atomic E-state index is 0.111. The van der Waals surface area contributed by atoms with E-state index in [1.54, 1.807) is 7.11 Å². The molecule has 0 saturated carbocycles. The third kappa shape index (κ3) is 5.07. The average Bonchev–Trinajstić information content (AvgIpc) is 2.23. The molecule has 0 spiro atoms. The Labute approximate surface area is 99.2 Å². The van der Waals surface area contributed by atoms with E-state index in [0.29, 0.717) is 18.8 Å². The van der Waals surface area contributed by atoms with E-state index in [2.05, 4.69) is 10.6 Å². The fraction of sp³-hybridized carbons (Fsp3) is 0.364. The molecule has 0 aromatic heterocycles. The summed E-state index contributed by atoms with van der Waals surface area (Å²) in [6.07, 6.45) is 0.717. The molecule has 0 aliphatic carbocycles. The molecule has 0 fully saturated rings. The quantitative estimate of drug-likeness (QED) is 0.583. The molecule has 0 atom stereocenters. The van der Waals surface area contributed by atoms with Crippen LogP contribution in [0.3, 0.4) is 0 Å². The Hall–Kier alpha value is -1.95. The molecule has 0 radical (unpaired) electrons. The van der Waals surface area contributed by atoms with Crippen molar-refractivity contribution in [3.63, 3.8) is 0 Å². The average molecular weight is 240 g/mol. The maximum absolute atomic E-state index is 11.4. The topological polar surface area (TPSA) is 90.8 Å². The summed E-state index contributed by atoms with van der Waals surface area (Å²) < 4.78 is 4.84. The number of ether oxygens (including phenoxy) is 1. The number of phenolic OH excluding ortho intramolecular Hbond substituents is 2. The van der Waals surface area contributed by atoms with Crippen molar-refractivity contribution in [1.29, 1.82) is 0 Å². The lowest BCUT2D eigenvalue weighted by atomic mass is 10.3. The monoisotopic (exact) mass is 240 g/mol. The van der Waals surface area contributed by atoms with Crippen LogP contribution in [-0.4, -0.2) is 36.5 Å². The molecule has 0 bridgehead atoms. The highest BCUT2D eigenvalue weighted by atomic mass is 16.5. The molecule has 1 rings (SSSR count). The molecule has 2 amide bonds. The number of hydrogen-bond donors (Lipinski definition) is 4. The van der Waals surface area contributed by atoms with Crippen molar-refractivity contribution in [1.82, 2.24) is 5.32 Å². The molecule has 17 heavy (non-hydrogen) atoms. The summed E-state index contributed by atoms with van der Waals surface area (Å²) in [6, 6.07) is 3.47. The summed E-state index contributed by atoms with van der Waals surface area (Å²) in [7, 11) is 1.59. The first-order valence-electron chi connectivity index (χ1n) is 5.18. The highest BCUT2D eigenvalue weighted by Gasteiger charge is 2.03. The molecule has 0 aliphatic heterocycles. The highest BCUT2D eigenvalue weighted by molar-refractivity contribution is 5.89. The largest absolute Gasteiger partial charge is 0.508 e. The fourth-order valence-electron chi connectivity index (χ4n) is 1.26. The van der Waals surface area contributed by atoms with Gasteiger partial charge in [0.05, 0.1) is 0 Å². The normalized spacial score (nSPS) is 9.94. The molecule has 6 heteroatoms. The first-order valence-corrected chi connectivity index (χ1v) is 5.18. The second kappa shape index (κ2) is 6.59. The Morgan fingerprint density at radius 1 is 1.29 bits per heavy atom. The summed E-state index contributed by atoms with van der Waals surface area (Å²) in [5.74, 6) is -0.223. The van der Waals surface area contributed by atoms with Crippen LogP contribution in [0.25, 0.3) is 0 Å². The van der Waals surface area contributed by atoms with Crippen LogP contribution in [-0.2, 0) is 4.74 Å². The van der Waals surface area contributed by atoms with Crippen molar-refractivity contribution in [3.05, 3.63) is 18.2 Å². The van der Waals surface area contributed by atoms with Gasteiger partial charge in [-0.2, -0.15) is 0 Å². The fourth-order valence-corrected chi connectivity index (χ4v) is 1.26. The van der Waals surface area contributed by atoms with Gasteiger partial charge >= 0.3 is 6.03 Å². The standard InChI is InChI=1S/C11H16N2O4/c1-17-4-2-3-12-11(16)13-8-5-9(14)7-10(15)6-8/h5-7,14-15H,2-4H2,1H3,(H2,12,13,16). The minimum atomic E-state index is -0.397. The lowest BCUT2D eigenvalue weighted by molar-refractivity contribution is 0.194. The summed E-state index contributed by atoms with van der Waals surface area (Å²) in [5, 5.41) is 23.5. The van der Waals surface area contributed by atoms with Crippen LogP contribution in [0, 0.1) is 0 Å². The van der Waals surface area contributed by atoms with Crippen LogP contribution in [0.5, 0.6) is 11.5 Å². The number of urea groups is 1. The number of nitrogens with one attached hydrogen (secondary N) is 2. The van der Waals surface area contributed by atoms with Crippen molar-refractivity contribution in [3.8, 4) is 11.5 Å². The third-order valence-corrected chi connectivity index (χ3v) is 1.97. The van der Waals surface area contributed by atoms with E-state index in [9.17, 15) is 15.0 Å². The maximum atomic E-state index is 11.4. The lowest BCUT2D eigenvalue weighted by Gasteiger charge is -2.08. The lowest BCUT2D eigenvalue weighted by Crippen LogP contribution is -2.29. The van der Waals surface area contributed by atoms with E-state index in [1.807, 2.05) is 0 Å². The second-order valence-corrected chi connectivity index (χ2v) is 3.47. The molecule has 6 nitrogen and oxygen atoms in total. The Balaban J connectivity index is 2.39. The number of anilines is 1. The van der Waals surface area contributed by atoms with E-state index >= 15 is 0 Å². The predicted octanol–water partition coefficient (Wildman–Crippen LogP) is 1.26. The number of carbonyl (C=O) groups excluding carboxylic acids is 1. The smallest absolute Gasteiger partial charge is 0.319 e. The van der Waals surface area contributed by atoms with E-state index < -0.39 is 6.03 Å². The van der Waals surface area contributed by atoms with Crippen molar-refractivity contribution in [2.75, 3.05) is 25.6 Å². The first-order chi connectivity index (χ1) is 8.11. The van der Waals surface area contributed by atoms with Crippen LogP contribution < -0.4 is 10.6 Å². The van der Waals surface area contributed by atoms with Gasteiger partial charge < -0.3 is 25.6 Å². The zero-order valence-corrected chi connectivity index (χ0v) is 9.56. The van der Waals surface area contributed by atoms with Gasteiger partial charge in [-0.3, -0.25) is 0 Å². The van der Waals surface area contributed by atoms with Crippen LogP contribution >= 0.6 is 0 Å². The molecule has 0 aliphatic rings. The Bertz CT molecular complexity index is 361. The molecule has 0 saturated heterocycles. The molecular formula is C11H16N2O4. The van der Waals surface area contributed by atoms with Gasteiger partial charge in [-0.1, -0.05) is 0 Å². The first kappa shape index (κ1) is 13.1. The van der Waals surface area contributed by atoms with E-state index in [0.717, 1.165) is 6.42 Å². The van der Waals surface area contributed by atoms with Gasteiger partial charge in [0.25, 0.3) is 0 Å². The van der Waals surface area contributed by atoms with Crippen molar-refractivity contribution < 1.29 is 19.7 Å². The number of carbonyl (C=O) groups is 1. The molecule has 1 aromatic rings. The molecular weight excluding hydrogens is 224 g/mol. The third-order valence-electron chi connectivity index (χ3n) is 1.97. The summed E-state index contributed by atoms with van der Waals surface area (Å²) >= 11 is 0. The van der Waals surface area contributed by atoms with Gasteiger partial charge in [0, 0.05) is 44.1 Å². The van der Waals surface area contributed by atoms with Gasteiger partial charge in [-0.05, 0) is 6.42 Å². The van der Waals surface area contributed by atoms with E-state index in [4.69, 9.17) is 4.74 Å².